The lowest BCUT2D eigenvalue weighted by Gasteiger charge is -2.18. The first kappa shape index (κ1) is 20.2. The molecule has 0 aliphatic rings. The van der Waals surface area contributed by atoms with Crippen molar-refractivity contribution >= 4 is 23.8 Å². The van der Waals surface area contributed by atoms with Gasteiger partial charge in [-0.2, -0.15) is 5.10 Å². The summed E-state index contributed by atoms with van der Waals surface area (Å²) in [4.78, 5) is 25.7. The first-order valence-electron chi connectivity index (χ1n) is 8.89. The maximum absolute atomic E-state index is 12.8. The molecule has 0 aliphatic heterocycles. The summed E-state index contributed by atoms with van der Waals surface area (Å²) in [5, 5.41) is 14.8. The topological polar surface area (TPSA) is 73.2 Å². The van der Waals surface area contributed by atoms with Crippen LogP contribution in [0.25, 0.3) is 0 Å². The molecule has 27 heavy (non-hydrogen) atoms. The van der Waals surface area contributed by atoms with E-state index in [1.54, 1.807) is 30.5 Å². The molecule has 0 heterocycles. The molecule has 1 amide bonds. The maximum Gasteiger partial charge on any atom is 0.335 e. The predicted octanol–water partition coefficient (Wildman–Crippen LogP) is 3.73. The highest BCUT2D eigenvalue weighted by Gasteiger charge is 2.14. The van der Waals surface area contributed by atoms with Crippen LogP contribution in [0.15, 0.2) is 53.6 Å². The molecule has 0 saturated carbocycles. The van der Waals surface area contributed by atoms with Crippen molar-refractivity contribution in [2.24, 2.45) is 5.10 Å². The van der Waals surface area contributed by atoms with E-state index < -0.39 is 5.97 Å². The van der Waals surface area contributed by atoms with Gasteiger partial charge in [0, 0.05) is 31.9 Å². The number of rotatable bonds is 8. The Bertz CT molecular complexity index is 796. The lowest BCUT2D eigenvalue weighted by atomic mass is 10.1. The third-order valence-electron chi connectivity index (χ3n) is 4.09. The number of anilines is 1. The molecule has 0 aromatic heterocycles. The molecule has 0 unspecified atom stereocenters. The van der Waals surface area contributed by atoms with Crippen LogP contribution in [0, 0.1) is 0 Å². The quantitative estimate of drug-likeness (QED) is 0.570. The molecule has 0 aliphatic carbocycles. The number of carbonyl (C=O) groups excluding carboxylic acids is 1. The lowest BCUT2D eigenvalue weighted by molar-refractivity contribution is 0.0695. The molecule has 0 bridgehead atoms. The number of amides is 1. The van der Waals surface area contributed by atoms with Crippen molar-refractivity contribution in [3.05, 3.63) is 65.2 Å². The minimum absolute atomic E-state index is 0.160. The standard InChI is InChI=1S/C21H25N3O3/c1-4-5-14-24(20(25)17-10-12-19(13-11-17)23(2)3)22-15-16-6-8-18(9-7-16)21(26)27/h6-13,15H,4-5,14H2,1-3H3,(H,26,27)/b22-15+. The highest BCUT2D eigenvalue weighted by Crippen LogP contribution is 2.14. The molecular formula is C21H25N3O3. The number of nitrogens with zero attached hydrogens (tertiary/aromatic N) is 3. The second-order valence-electron chi connectivity index (χ2n) is 6.39. The van der Waals surface area contributed by atoms with Crippen molar-refractivity contribution in [2.75, 3.05) is 25.5 Å². The predicted molar refractivity (Wildman–Crippen MR) is 108 cm³/mol. The number of carbonyl (C=O) groups is 2. The summed E-state index contributed by atoms with van der Waals surface area (Å²) in [5.74, 6) is -1.13. The van der Waals surface area contributed by atoms with Gasteiger partial charge in [0.15, 0.2) is 0 Å². The fourth-order valence-electron chi connectivity index (χ4n) is 2.42. The van der Waals surface area contributed by atoms with Crippen molar-refractivity contribution in [3.8, 4) is 0 Å². The molecule has 0 fully saturated rings. The number of hydrogen-bond donors (Lipinski definition) is 1. The van der Waals surface area contributed by atoms with Gasteiger partial charge in [0.2, 0.25) is 0 Å². The van der Waals surface area contributed by atoms with Gasteiger partial charge < -0.3 is 10.0 Å². The van der Waals surface area contributed by atoms with Crippen molar-refractivity contribution in [1.82, 2.24) is 5.01 Å². The molecule has 2 aromatic rings. The van der Waals surface area contributed by atoms with E-state index in [-0.39, 0.29) is 11.5 Å². The molecule has 2 rings (SSSR count). The van der Waals surface area contributed by atoms with Crippen LogP contribution in [0.1, 0.15) is 46.0 Å². The molecule has 0 saturated heterocycles. The van der Waals surface area contributed by atoms with Crippen LogP contribution in [-0.4, -0.2) is 48.8 Å². The minimum atomic E-state index is -0.973. The number of hydrazone groups is 1. The summed E-state index contributed by atoms with van der Waals surface area (Å²) < 4.78 is 0. The number of hydrogen-bond acceptors (Lipinski definition) is 4. The summed E-state index contributed by atoms with van der Waals surface area (Å²) in [5.41, 5.74) is 2.55. The van der Waals surface area contributed by atoms with Crippen molar-refractivity contribution in [2.45, 2.75) is 19.8 Å². The zero-order valence-corrected chi connectivity index (χ0v) is 15.9. The average Bonchev–Trinajstić information content (AvgIpc) is 2.68. The zero-order valence-electron chi connectivity index (χ0n) is 15.9. The monoisotopic (exact) mass is 367 g/mol. The van der Waals surface area contributed by atoms with Crippen LogP contribution in [0.2, 0.25) is 0 Å². The van der Waals surface area contributed by atoms with E-state index in [9.17, 15) is 9.59 Å². The summed E-state index contributed by atoms with van der Waals surface area (Å²) >= 11 is 0. The molecule has 2 aromatic carbocycles. The van der Waals surface area contributed by atoms with Gasteiger partial charge in [-0.1, -0.05) is 25.5 Å². The first-order chi connectivity index (χ1) is 12.9. The Hall–Kier alpha value is -3.15. The summed E-state index contributed by atoms with van der Waals surface area (Å²) in [7, 11) is 3.90. The third kappa shape index (κ3) is 5.67. The van der Waals surface area contributed by atoms with Gasteiger partial charge in [-0.25, -0.2) is 9.80 Å². The number of carboxylic acids is 1. The Morgan fingerprint density at radius 1 is 1.00 bits per heavy atom. The summed E-state index contributed by atoms with van der Waals surface area (Å²) in [6.45, 7) is 2.58. The largest absolute Gasteiger partial charge is 0.478 e. The smallest absolute Gasteiger partial charge is 0.335 e. The second-order valence-corrected chi connectivity index (χ2v) is 6.39. The maximum atomic E-state index is 12.8. The summed E-state index contributed by atoms with van der Waals surface area (Å²) in [6, 6.07) is 13.8. The Morgan fingerprint density at radius 2 is 1.59 bits per heavy atom. The Labute approximate surface area is 159 Å². The van der Waals surface area contributed by atoms with Crippen LogP contribution in [0.4, 0.5) is 5.69 Å². The SMILES string of the molecule is CCCCN(/N=C/c1ccc(C(=O)O)cc1)C(=O)c1ccc(N(C)C)cc1. The minimum Gasteiger partial charge on any atom is -0.478 e. The van der Waals surface area contributed by atoms with E-state index >= 15 is 0 Å². The van der Waals surface area contributed by atoms with E-state index in [0.29, 0.717) is 12.1 Å². The van der Waals surface area contributed by atoms with Crippen molar-refractivity contribution in [1.29, 1.82) is 0 Å². The fourth-order valence-corrected chi connectivity index (χ4v) is 2.42. The first-order valence-corrected chi connectivity index (χ1v) is 8.89. The van der Waals surface area contributed by atoms with Crippen LogP contribution in [0.5, 0.6) is 0 Å². The summed E-state index contributed by atoms with van der Waals surface area (Å²) in [6.07, 6.45) is 3.37. The van der Waals surface area contributed by atoms with Gasteiger partial charge in [-0.15, -0.1) is 0 Å². The Kier molecular flexibility index (Phi) is 7.11. The Balaban J connectivity index is 2.17. The van der Waals surface area contributed by atoms with Gasteiger partial charge >= 0.3 is 5.97 Å². The van der Waals surface area contributed by atoms with Gasteiger partial charge in [-0.3, -0.25) is 4.79 Å². The van der Waals surface area contributed by atoms with Gasteiger partial charge in [0.25, 0.3) is 5.91 Å². The normalized spacial score (nSPS) is 10.8. The second kappa shape index (κ2) is 9.52. The molecule has 6 heteroatoms. The van der Waals surface area contributed by atoms with Crippen LogP contribution in [-0.2, 0) is 0 Å². The lowest BCUT2D eigenvalue weighted by Crippen LogP contribution is -2.27. The number of unbranched alkanes of at least 4 members (excludes halogenated alkanes) is 1. The molecule has 0 atom stereocenters. The molecule has 142 valence electrons. The van der Waals surface area contributed by atoms with E-state index in [4.69, 9.17) is 5.11 Å². The van der Waals surface area contributed by atoms with Crippen LogP contribution >= 0.6 is 0 Å². The van der Waals surface area contributed by atoms with Gasteiger partial charge in [0.05, 0.1) is 11.8 Å². The van der Waals surface area contributed by atoms with E-state index in [0.717, 1.165) is 24.1 Å². The van der Waals surface area contributed by atoms with E-state index in [1.807, 2.05) is 31.1 Å². The van der Waals surface area contributed by atoms with Gasteiger partial charge in [0.1, 0.15) is 0 Å². The molecule has 6 nitrogen and oxygen atoms in total. The zero-order chi connectivity index (χ0) is 19.8. The molecule has 0 radical (unpaired) electrons. The fraction of sp³-hybridized carbons (Fsp3) is 0.286. The number of carboxylic acid groups (broad SMARTS) is 1. The van der Waals surface area contributed by atoms with E-state index in [1.165, 1.54) is 17.1 Å². The van der Waals surface area contributed by atoms with Crippen molar-refractivity contribution < 1.29 is 14.7 Å². The third-order valence-corrected chi connectivity index (χ3v) is 4.09. The number of benzene rings is 2. The molecular weight excluding hydrogens is 342 g/mol. The van der Waals surface area contributed by atoms with Crippen LogP contribution < -0.4 is 4.90 Å². The Morgan fingerprint density at radius 3 is 2.11 bits per heavy atom. The van der Waals surface area contributed by atoms with Gasteiger partial charge in [-0.05, 0) is 48.4 Å². The highest BCUT2D eigenvalue weighted by molar-refractivity contribution is 5.95. The van der Waals surface area contributed by atoms with Crippen molar-refractivity contribution in [3.63, 3.8) is 0 Å². The molecule has 1 N–H and O–H groups in total. The average molecular weight is 367 g/mol. The number of aromatic carboxylic acids is 1. The molecule has 0 spiro atoms. The van der Waals surface area contributed by atoms with E-state index in [2.05, 4.69) is 12.0 Å². The van der Waals surface area contributed by atoms with Crippen LogP contribution in [0.3, 0.4) is 0 Å². The highest BCUT2D eigenvalue weighted by atomic mass is 16.4.